The molecule has 0 aliphatic rings. The quantitative estimate of drug-likeness (QED) is 0.561. The van der Waals surface area contributed by atoms with E-state index in [0.29, 0.717) is 5.56 Å². The van der Waals surface area contributed by atoms with E-state index in [4.69, 9.17) is 19.9 Å². The van der Waals surface area contributed by atoms with E-state index in [9.17, 15) is 14.4 Å². The van der Waals surface area contributed by atoms with Crippen molar-refractivity contribution in [2.24, 2.45) is 22.0 Å². The van der Waals surface area contributed by atoms with Crippen molar-refractivity contribution in [3.05, 3.63) is 23.8 Å². The topological polar surface area (TPSA) is 105 Å². The number of rotatable bonds is 5. The lowest BCUT2D eigenvalue weighted by molar-refractivity contribution is -0.158. The summed E-state index contributed by atoms with van der Waals surface area (Å²) in [5.41, 5.74) is 4.14. The molecule has 0 heterocycles. The van der Waals surface area contributed by atoms with Gasteiger partial charge in [0.25, 0.3) is 0 Å². The van der Waals surface area contributed by atoms with Gasteiger partial charge in [-0.3, -0.25) is 14.4 Å². The van der Waals surface area contributed by atoms with Crippen molar-refractivity contribution in [3.63, 3.8) is 0 Å². The molecule has 2 N–H and O–H groups in total. The van der Waals surface area contributed by atoms with Crippen molar-refractivity contribution in [1.82, 2.24) is 0 Å². The van der Waals surface area contributed by atoms with Crippen LogP contribution in [-0.2, 0) is 19.1 Å². The van der Waals surface area contributed by atoms with Gasteiger partial charge >= 0.3 is 17.9 Å². The molecule has 7 heteroatoms. The zero-order chi connectivity index (χ0) is 23.5. The number of hydrogen-bond acceptors (Lipinski definition) is 7. The van der Waals surface area contributed by atoms with Gasteiger partial charge in [-0.1, -0.05) is 6.07 Å². The Morgan fingerprint density at radius 1 is 0.767 bits per heavy atom. The fraction of sp³-hybridized carbons (Fsp3) is 0.609. The molecule has 0 aliphatic heterocycles. The average molecular weight is 422 g/mol. The number of benzene rings is 1. The zero-order valence-corrected chi connectivity index (χ0v) is 19.5. The van der Waals surface area contributed by atoms with Crippen molar-refractivity contribution >= 4 is 17.9 Å². The SMILES string of the molecule is CC(C)(C)C(=O)Oc1ccc(C(CN)OC(=O)C(C)(C)C)cc1OC(=O)C(C)(C)C. The summed E-state index contributed by atoms with van der Waals surface area (Å²) in [6.07, 6.45) is -0.740. The van der Waals surface area contributed by atoms with E-state index in [1.807, 2.05) is 0 Å². The zero-order valence-electron chi connectivity index (χ0n) is 19.5. The Kier molecular flexibility index (Phi) is 7.83. The van der Waals surface area contributed by atoms with Gasteiger partial charge in [-0.05, 0) is 80.0 Å². The van der Waals surface area contributed by atoms with Gasteiger partial charge in [0.15, 0.2) is 11.5 Å². The first-order chi connectivity index (χ1) is 13.5. The van der Waals surface area contributed by atoms with Crippen LogP contribution in [0, 0.1) is 16.2 Å². The van der Waals surface area contributed by atoms with Crippen molar-refractivity contribution in [3.8, 4) is 11.5 Å². The van der Waals surface area contributed by atoms with Gasteiger partial charge in [0.05, 0.1) is 16.2 Å². The summed E-state index contributed by atoms with van der Waals surface area (Å²) in [6.45, 7) is 15.6. The Hall–Kier alpha value is -2.41. The van der Waals surface area contributed by atoms with Crippen LogP contribution in [0.25, 0.3) is 0 Å². The molecule has 0 saturated carbocycles. The number of nitrogens with two attached hydrogens (primary N) is 1. The minimum atomic E-state index is -0.771. The van der Waals surface area contributed by atoms with E-state index < -0.39 is 40.3 Å². The number of esters is 3. The first kappa shape index (κ1) is 25.6. The third-order valence-electron chi connectivity index (χ3n) is 4.05. The number of hydrogen-bond donors (Lipinski definition) is 1. The molecular weight excluding hydrogens is 386 g/mol. The normalized spacial score (nSPS) is 13.4. The highest BCUT2D eigenvalue weighted by atomic mass is 16.6. The van der Waals surface area contributed by atoms with Crippen LogP contribution < -0.4 is 15.2 Å². The van der Waals surface area contributed by atoms with Gasteiger partial charge in [0.2, 0.25) is 0 Å². The molecule has 1 unspecified atom stereocenters. The molecule has 1 aromatic rings. The molecule has 0 fully saturated rings. The molecule has 0 aliphatic carbocycles. The van der Waals surface area contributed by atoms with Crippen molar-refractivity contribution in [2.75, 3.05) is 6.54 Å². The van der Waals surface area contributed by atoms with Gasteiger partial charge < -0.3 is 19.9 Å². The summed E-state index contributed by atoms with van der Waals surface area (Å²) in [5, 5.41) is 0. The van der Waals surface area contributed by atoms with Crippen LogP contribution in [-0.4, -0.2) is 24.5 Å². The first-order valence-electron chi connectivity index (χ1n) is 9.96. The highest BCUT2D eigenvalue weighted by Crippen LogP contribution is 2.35. The Balaban J connectivity index is 3.34. The minimum Gasteiger partial charge on any atom is -0.456 e. The second-order valence-electron chi connectivity index (χ2n) is 10.4. The molecule has 168 valence electrons. The van der Waals surface area contributed by atoms with Crippen LogP contribution in [0.15, 0.2) is 18.2 Å². The van der Waals surface area contributed by atoms with Crippen LogP contribution >= 0.6 is 0 Å². The molecule has 7 nitrogen and oxygen atoms in total. The highest BCUT2D eigenvalue weighted by molar-refractivity contribution is 5.81. The smallest absolute Gasteiger partial charge is 0.316 e. The summed E-state index contributed by atoms with van der Waals surface area (Å²) in [7, 11) is 0. The second kappa shape index (κ2) is 9.16. The summed E-state index contributed by atoms with van der Waals surface area (Å²) < 4.78 is 16.5. The van der Waals surface area contributed by atoms with Gasteiger partial charge in [0, 0.05) is 6.54 Å². The molecule has 1 aromatic carbocycles. The standard InChI is InChI=1S/C23H35NO6/c1-21(2,3)18(25)28-15-11-10-14(12-16(15)29-19(26)22(4,5)6)17(13-24)30-20(27)23(7,8)9/h10-12,17H,13,24H2,1-9H3. The molecule has 0 saturated heterocycles. The Bertz CT molecular complexity index is 793. The van der Waals surface area contributed by atoms with Gasteiger partial charge in [-0.2, -0.15) is 0 Å². The van der Waals surface area contributed by atoms with E-state index in [-0.39, 0.29) is 18.0 Å². The lowest BCUT2D eigenvalue weighted by Crippen LogP contribution is -2.29. The Morgan fingerprint density at radius 2 is 1.20 bits per heavy atom. The molecule has 0 radical (unpaired) electrons. The van der Waals surface area contributed by atoms with E-state index in [1.165, 1.54) is 12.1 Å². The fourth-order valence-corrected chi connectivity index (χ4v) is 1.95. The third-order valence-corrected chi connectivity index (χ3v) is 4.05. The predicted octanol–water partition coefficient (Wildman–Crippen LogP) is 4.18. The van der Waals surface area contributed by atoms with E-state index in [1.54, 1.807) is 68.4 Å². The van der Waals surface area contributed by atoms with Crippen LogP contribution in [0.1, 0.15) is 74.0 Å². The second-order valence-corrected chi connectivity index (χ2v) is 10.4. The van der Waals surface area contributed by atoms with Crippen LogP contribution in [0.5, 0.6) is 11.5 Å². The molecule has 1 atom stereocenters. The largest absolute Gasteiger partial charge is 0.456 e. The highest BCUT2D eigenvalue weighted by Gasteiger charge is 2.30. The van der Waals surface area contributed by atoms with Crippen molar-refractivity contribution in [2.45, 2.75) is 68.4 Å². The maximum atomic E-state index is 12.5. The molecule has 0 bridgehead atoms. The molecule has 30 heavy (non-hydrogen) atoms. The monoisotopic (exact) mass is 421 g/mol. The molecule has 0 spiro atoms. The predicted molar refractivity (Wildman–Crippen MR) is 114 cm³/mol. The van der Waals surface area contributed by atoms with E-state index in [2.05, 4.69) is 0 Å². The van der Waals surface area contributed by atoms with Crippen molar-refractivity contribution in [1.29, 1.82) is 0 Å². The molecule has 0 aromatic heterocycles. The van der Waals surface area contributed by atoms with Gasteiger partial charge in [-0.25, -0.2) is 0 Å². The van der Waals surface area contributed by atoms with Crippen LogP contribution in [0.3, 0.4) is 0 Å². The fourth-order valence-electron chi connectivity index (χ4n) is 1.95. The van der Waals surface area contributed by atoms with Gasteiger partial charge in [-0.15, -0.1) is 0 Å². The van der Waals surface area contributed by atoms with E-state index in [0.717, 1.165) is 0 Å². The van der Waals surface area contributed by atoms with Gasteiger partial charge in [0.1, 0.15) is 6.10 Å². The summed E-state index contributed by atoms with van der Waals surface area (Å²) in [4.78, 5) is 37.1. The lowest BCUT2D eigenvalue weighted by Gasteiger charge is -2.24. The third kappa shape index (κ3) is 7.13. The lowest BCUT2D eigenvalue weighted by atomic mass is 9.97. The maximum Gasteiger partial charge on any atom is 0.316 e. The minimum absolute atomic E-state index is 0.0373. The average Bonchev–Trinajstić information content (AvgIpc) is 2.58. The number of carbonyl (C=O) groups is 3. The Labute approximate surface area is 179 Å². The first-order valence-corrected chi connectivity index (χ1v) is 9.96. The van der Waals surface area contributed by atoms with Crippen LogP contribution in [0.4, 0.5) is 0 Å². The number of carbonyl (C=O) groups excluding carboxylic acids is 3. The summed E-state index contributed by atoms with van der Waals surface area (Å²) in [6, 6.07) is 4.66. The molecule has 0 amide bonds. The van der Waals surface area contributed by atoms with Crippen molar-refractivity contribution < 1.29 is 28.6 Å². The molecular formula is C23H35NO6. The molecule has 1 rings (SSSR count). The van der Waals surface area contributed by atoms with E-state index >= 15 is 0 Å². The number of ether oxygens (including phenoxy) is 3. The van der Waals surface area contributed by atoms with Crippen LogP contribution in [0.2, 0.25) is 0 Å². The summed E-state index contributed by atoms with van der Waals surface area (Å²) in [5.74, 6) is -1.21. The summed E-state index contributed by atoms with van der Waals surface area (Å²) >= 11 is 0. The maximum absolute atomic E-state index is 12.5. The Morgan fingerprint density at radius 3 is 1.60 bits per heavy atom.